The van der Waals surface area contributed by atoms with E-state index in [9.17, 15) is 0 Å². The summed E-state index contributed by atoms with van der Waals surface area (Å²) in [6, 6.07) is 0.523. The molecule has 2 aliphatic heterocycles. The first-order valence-electron chi connectivity index (χ1n) is 7.89. The Morgan fingerprint density at radius 1 is 1.00 bits per heavy atom. The lowest BCUT2D eigenvalue weighted by atomic mass is 10.0. The summed E-state index contributed by atoms with van der Waals surface area (Å²) in [7, 11) is 0. The van der Waals surface area contributed by atoms with Crippen molar-refractivity contribution < 1.29 is 0 Å². The van der Waals surface area contributed by atoms with Gasteiger partial charge < -0.3 is 15.5 Å². The van der Waals surface area contributed by atoms with Gasteiger partial charge in [0.1, 0.15) is 12.0 Å². The number of piperidine rings is 2. The zero-order valence-electron chi connectivity index (χ0n) is 12.4. The highest BCUT2D eigenvalue weighted by molar-refractivity contribution is 5.76. The molecule has 0 radical (unpaired) electrons. The molecule has 1 aromatic rings. The van der Waals surface area contributed by atoms with Crippen LogP contribution in [0.1, 0.15) is 45.4 Å². The van der Waals surface area contributed by atoms with E-state index in [1.807, 2.05) is 0 Å². The monoisotopic (exact) mass is 275 g/mol. The van der Waals surface area contributed by atoms with Crippen LogP contribution in [-0.4, -0.2) is 35.6 Å². The van der Waals surface area contributed by atoms with E-state index in [2.05, 4.69) is 26.7 Å². The molecule has 3 heterocycles. The smallest absolute Gasteiger partial charge is 0.157 e. The predicted molar refractivity (Wildman–Crippen MR) is 83.2 cm³/mol. The van der Waals surface area contributed by atoms with E-state index in [1.54, 1.807) is 6.33 Å². The van der Waals surface area contributed by atoms with Gasteiger partial charge in [0.25, 0.3) is 0 Å². The SMILES string of the molecule is CC1CCCCN1c1ncnc(N2CCCCC2)c1N. The number of rotatable bonds is 2. The molecule has 3 rings (SSSR count). The van der Waals surface area contributed by atoms with Gasteiger partial charge in [-0.25, -0.2) is 9.97 Å². The molecule has 0 bridgehead atoms. The van der Waals surface area contributed by atoms with E-state index in [0.29, 0.717) is 6.04 Å². The van der Waals surface area contributed by atoms with Crippen molar-refractivity contribution in [2.75, 3.05) is 35.2 Å². The number of hydrogen-bond acceptors (Lipinski definition) is 5. The third kappa shape index (κ3) is 2.53. The Morgan fingerprint density at radius 3 is 2.45 bits per heavy atom. The average Bonchev–Trinajstić information content (AvgIpc) is 2.49. The Balaban J connectivity index is 1.88. The van der Waals surface area contributed by atoms with Crippen LogP contribution >= 0.6 is 0 Å². The first kappa shape index (κ1) is 13.5. The first-order valence-corrected chi connectivity index (χ1v) is 7.89. The van der Waals surface area contributed by atoms with Crippen LogP contribution in [0.3, 0.4) is 0 Å². The van der Waals surface area contributed by atoms with Gasteiger partial charge in [0.15, 0.2) is 11.6 Å². The van der Waals surface area contributed by atoms with Gasteiger partial charge in [0.2, 0.25) is 0 Å². The molecule has 5 heteroatoms. The lowest BCUT2D eigenvalue weighted by molar-refractivity contribution is 0.481. The van der Waals surface area contributed by atoms with Gasteiger partial charge in [-0.15, -0.1) is 0 Å². The quantitative estimate of drug-likeness (QED) is 0.898. The van der Waals surface area contributed by atoms with Crippen LogP contribution < -0.4 is 15.5 Å². The summed E-state index contributed by atoms with van der Waals surface area (Å²) in [5.74, 6) is 1.88. The van der Waals surface area contributed by atoms with Crippen molar-refractivity contribution in [2.45, 2.75) is 51.5 Å². The summed E-state index contributed by atoms with van der Waals surface area (Å²) in [6.07, 6.45) is 9.23. The van der Waals surface area contributed by atoms with Crippen molar-refractivity contribution in [1.29, 1.82) is 0 Å². The van der Waals surface area contributed by atoms with Gasteiger partial charge in [0.05, 0.1) is 0 Å². The standard InChI is InChI=1S/C15H25N5/c1-12-7-3-6-10-20(12)15-13(16)14(17-11-18-15)19-8-4-2-5-9-19/h11-12H,2-10,16H2,1H3. The molecule has 5 nitrogen and oxygen atoms in total. The second kappa shape index (κ2) is 5.85. The summed E-state index contributed by atoms with van der Waals surface area (Å²) in [4.78, 5) is 13.6. The van der Waals surface area contributed by atoms with Crippen LogP contribution in [0.2, 0.25) is 0 Å². The molecule has 0 amide bonds. The van der Waals surface area contributed by atoms with Crippen molar-refractivity contribution in [3.63, 3.8) is 0 Å². The molecule has 0 spiro atoms. The van der Waals surface area contributed by atoms with Crippen LogP contribution in [0, 0.1) is 0 Å². The fraction of sp³-hybridized carbons (Fsp3) is 0.733. The topological polar surface area (TPSA) is 58.3 Å². The molecule has 1 aromatic heterocycles. The van der Waals surface area contributed by atoms with Crippen molar-refractivity contribution in [3.8, 4) is 0 Å². The van der Waals surface area contributed by atoms with Crippen molar-refractivity contribution in [1.82, 2.24) is 9.97 Å². The number of anilines is 3. The second-order valence-corrected chi connectivity index (χ2v) is 6.02. The molecular weight excluding hydrogens is 250 g/mol. The average molecular weight is 275 g/mol. The summed E-state index contributed by atoms with van der Waals surface area (Å²) >= 11 is 0. The van der Waals surface area contributed by atoms with Crippen molar-refractivity contribution in [3.05, 3.63) is 6.33 Å². The highest BCUT2D eigenvalue weighted by Crippen LogP contribution is 2.33. The zero-order valence-corrected chi connectivity index (χ0v) is 12.4. The molecule has 110 valence electrons. The Morgan fingerprint density at radius 2 is 1.70 bits per heavy atom. The Bertz CT molecular complexity index is 456. The van der Waals surface area contributed by atoms with Crippen molar-refractivity contribution >= 4 is 17.3 Å². The van der Waals surface area contributed by atoms with Gasteiger partial charge >= 0.3 is 0 Å². The number of aromatic nitrogens is 2. The minimum absolute atomic E-state index is 0.523. The van der Waals surface area contributed by atoms with E-state index < -0.39 is 0 Å². The van der Waals surface area contributed by atoms with Crippen LogP contribution in [0.5, 0.6) is 0 Å². The summed E-state index contributed by atoms with van der Waals surface area (Å²) in [5, 5.41) is 0. The minimum Gasteiger partial charge on any atom is -0.393 e. The van der Waals surface area contributed by atoms with E-state index >= 15 is 0 Å². The maximum atomic E-state index is 6.40. The van der Waals surface area contributed by atoms with Crippen LogP contribution in [0.15, 0.2) is 6.33 Å². The Labute approximate surface area is 121 Å². The number of nitrogens with two attached hydrogens (primary N) is 1. The lowest BCUT2D eigenvalue weighted by Crippen LogP contribution is -2.39. The van der Waals surface area contributed by atoms with Crippen LogP contribution in [0.4, 0.5) is 17.3 Å². The molecule has 0 aliphatic carbocycles. The largest absolute Gasteiger partial charge is 0.393 e. The summed E-state index contributed by atoms with van der Waals surface area (Å²) in [6.45, 7) is 5.45. The highest BCUT2D eigenvalue weighted by Gasteiger charge is 2.24. The molecule has 1 unspecified atom stereocenters. The minimum atomic E-state index is 0.523. The van der Waals surface area contributed by atoms with Crippen LogP contribution in [0.25, 0.3) is 0 Å². The van der Waals surface area contributed by atoms with Gasteiger partial charge in [-0.3, -0.25) is 0 Å². The highest BCUT2D eigenvalue weighted by atomic mass is 15.3. The van der Waals surface area contributed by atoms with E-state index in [4.69, 9.17) is 5.73 Å². The number of nitrogen functional groups attached to an aromatic ring is 1. The fourth-order valence-corrected chi connectivity index (χ4v) is 3.38. The van der Waals surface area contributed by atoms with Gasteiger partial charge in [-0.05, 0) is 45.4 Å². The van der Waals surface area contributed by atoms with Gasteiger partial charge in [0, 0.05) is 25.7 Å². The fourth-order valence-electron chi connectivity index (χ4n) is 3.38. The molecule has 2 aliphatic rings. The molecule has 0 aromatic carbocycles. The third-order valence-corrected chi connectivity index (χ3v) is 4.57. The molecule has 2 saturated heterocycles. The maximum absolute atomic E-state index is 6.40. The third-order valence-electron chi connectivity index (χ3n) is 4.57. The molecular formula is C15H25N5. The Hall–Kier alpha value is -1.52. The Kier molecular flexibility index (Phi) is 3.94. The zero-order chi connectivity index (χ0) is 13.9. The van der Waals surface area contributed by atoms with Gasteiger partial charge in [-0.1, -0.05) is 0 Å². The number of nitrogens with zero attached hydrogens (tertiary/aromatic N) is 4. The normalized spacial score (nSPS) is 23.9. The molecule has 2 N–H and O–H groups in total. The lowest BCUT2D eigenvalue weighted by Gasteiger charge is -2.36. The maximum Gasteiger partial charge on any atom is 0.157 e. The van der Waals surface area contributed by atoms with E-state index in [1.165, 1.54) is 38.5 Å². The van der Waals surface area contributed by atoms with Crippen molar-refractivity contribution in [2.24, 2.45) is 0 Å². The summed E-state index contributed by atoms with van der Waals surface area (Å²) in [5.41, 5.74) is 7.17. The predicted octanol–water partition coefficient (Wildman–Crippen LogP) is 2.43. The first-order chi connectivity index (χ1) is 9.77. The second-order valence-electron chi connectivity index (χ2n) is 6.02. The summed E-state index contributed by atoms with van der Waals surface area (Å²) < 4.78 is 0. The molecule has 2 fully saturated rings. The number of hydrogen-bond donors (Lipinski definition) is 1. The molecule has 1 atom stereocenters. The van der Waals surface area contributed by atoms with E-state index in [-0.39, 0.29) is 0 Å². The molecule has 20 heavy (non-hydrogen) atoms. The molecule has 0 saturated carbocycles. The van der Waals surface area contributed by atoms with E-state index in [0.717, 1.165) is 37.0 Å². The van der Waals surface area contributed by atoms with Crippen LogP contribution in [-0.2, 0) is 0 Å². The van der Waals surface area contributed by atoms with Gasteiger partial charge in [-0.2, -0.15) is 0 Å².